The summed E-state index contributed by atoms with van der Waals surface area (Å²) in [6.07, 6.45) is 1.16. The summed E-state index contributed by atoms with van der Waals surface area (Å²) in [5, 5.41) is 4.22. The summed E-state index contributed by atoms with van der Waals surface area (Å²) in [6, 6.07) is 5.79. The minimum atomic E-state index is 0. The van der Waals surface area contributed by atoms with Gasteiger partial charge in [0.2, 0.25) is 0 Å². The third-order valence-electron chi connectivity index (χ3n) is 3.36. The Hall–Kier alpha value is -0.190. The van der Waals surface area contributed by atoms with E-state index in [4.69, 9.17) is 16.3 Å². The largest absolute Gasteiger partial charge is 0.494 e. The molecule has 0 unspecified atom stereocenters. The highest BCUT2D eigenvalue weighted by Gasteiger charge is 2.04. The zero-order chi connectivity index (χ0) is 14.8. The summed E-state index contributed by atoms with van der Waals surface area (Å²) in [4.78, 5) is 2.44. The van der Waals surface area contributed by atoms with Crippen molar-refractivity contribution in [2.45, 2.75) is 33.7 Å². The van der Waals surface area contributed by atoms with E-state index < -0.39 is 0 Å². The molecule has 0 aliphatic carbocycles. The van der Waals surface area contributed by atoms with Gasteiger partial charge in [-0.1, -0.05) is 25.4 Å². The second kappa shape index (κ2) is 14.4. The van der Waals surface area contributed by atoms with E-state index in [1.54, 1.807) is 0 Å². The standard InChI is InChI=1S/C16H27ClN2O.2ClH/c1-4-19(5-2)11-7-10-18-13-14-12-15(17)8-9-16(14)20-6-3;;/h8-9,12,18H,4-7,10-11,13H2,1-3H3;2*1H. The van der Waals surface area contributed by atoms with Gasteiger partial charge in [0.1, 0.15) is 5.75 Å². The fourth-order valence-electron chi connectivity index (χ4n) is 2.17. The average molecular weight is 372 g/mol. The van der Waals surface area contributed by atoms with Gasteiger partial charge in [0, 0.05) is 17.1 Å². The Bertz CT molecular complexity index is 388. The molecule has 0 spiro atoms. The zero-order valence-electron chi connectivity index (χ0n) is 13.7. The lowest BCUT2D eigenvalue weighted by molar-refractivity contribution is 0.297. The van der Waals surface area contributed by atoms with E-state index in [0.29, 0.717) is 6.61 Å². The maximum Gasteiger partial charge on any atom is 0.123 e. The first-order valence-electron chi connectivity index (χ1n) is 7.55. The summed E-state index contributed by atoms with van der Waals surface area (Å²) >= 11 is 6.05. The van der Waals surface area contributed by atoms with Crippen LogP contribution >= 0.6 is 36.4 Å². The third-order valence-corrected chi connectivity index (χ3v) is 3.60. The first-order valence-corrected chi connectivity index (χ1v) is 7.93. The van der Waals surface area contributed by atoms with Crippen LogP contribution in [0.25, 0.3) is 0 Å². The molecule has 1 aromatic rings. The molecule has 22 heavy (non-hydrogen) atoms. The topological polar surface area (TPSA) is 24.5 Å². The van der Waals surface area contributed by atoms with Gasteiger partial charge in [0.05, 0.1) is 6.61 Å². The minimum Gasteiger partial charge on any atom is -0.494 e. The van der Waals surface area contributed by atoms with Gasteiger partial charge in [0.15, 0.2) is 0 Å². The summed E-state index contributed by atoms with van der Waals surface area (Å²) < 4.78 is 5.62. The lowest BCUT2D eigenvalue weighted by Crippen LogP contribution is -2.27. The quantitative estimate of drug-likeness (QED) is 0.617. The number of benzene rings is 1. The molecule has 0 saturated heterocycles. The van der Waals surface area contributed by atoms with Gasteiger partial charge in [-0.2, -0.15) is 0 Å². The second-order valence-corrected chi connectivity index (χ2v) is 5.18. The first kappa shape index (κ1) is 24.1. The molecule has 0 aliphatic rings. The Morgan fingerprint density at radius 2 is 1.82 bits per heavy atom. The maximum absolute atomic E-state index is 6.05. The Kier molecular flexibility index (Phi) is 15.8. The lowest BCUT2D eigenvalue weighted by Gasteiger charge is -2.18. The van der Waals surface area contributed by atoms with E-state index >= 15 is 0 Å². The molecule has 0 fully saturated rings. The van der Waals surface area contributed by atoms with Crippen LogP contribution in [0.15, 0.2) is 18.2 Å². The predicted octanol–water partition coefficient (Wildman–Crippen LogP) is 4.40. The van der Waals surface area contributed by atoms with Gasteiger partial charge in [-0.3, -0.25) is 0 Å². The van der Waals surface area contributed by atoms with Crippen molar-refractivity contribution in [1.82, 2.24) is 10.2 Å². The van der Waals surface area contributed by atoms with E-state index in [0.717, 1.165) is 55.5 Å². The van der Waals surface area contributed by atoms with Gasteiger partial charge < -0.3 is 15.0 Å². The average Bonchev–Trinajstić information content (AvgIpc) is 2.45. The molecule has 3 nitrogen and oxygen atoms in total. The van der Waals surface area contributed by atoms with Gasteiger partial charge in [-0.25, -0.2) is 0 Å². The van der Waals surface area contributed by atoms with Crippen LogP contribution in [0.1, 0.15) is 32.8 Å². The zero-order valence-corrected chi connectivity index (χ0v) is 16.1. The van der Waals surface area contributed by atoms with Crippen molar-refractivity contribution in [2.75, 3.05) is 32.8 Å². The molecular weight excluding hydrogens is 343 g/mol. The van der Waals surface area contributed by atoms with Crippen LogP contribution in [0.3, 0.4) is 0 Å². The Labute approximate surface area is 152 Å². The fraction of sp³-hybridized carbons (Fsp3) is 0.625. The molecule has 1 rings (SSSR count). The first-order chi connectivity index (χ1) is 9.71. The Balaban J connectivity index is 0. The van der Waals surface area contributed by atoms with Crippen LogP contribution in [-0.4, -0.2) is 37.7 Å². The molecule has 0 bridgehead atoms. The molecule has 0 saturated carbocycles. The van der Waals surface area contributed by atoms with E-state index in [1.807, 2.05) is 25.1 Å². The molecule has 130 valence electrons. The molecule has 0 amide bonds. The third kappa shape index (κ3) is 9.06. The van der Waals surface area contributed by atoms with Crippen molar-refractivity contribution in [2.24, 2.45) is 0 Å². The van der Waals surface area contributed by atoms with Gasteiger partial charge >= 0.3 is 0 Å². The van der Waals surface area contributed by atoms with Crippen molar-refractivity contribution in [3.05, 3.63) is 28.8 Å². The van der Waals surface area contributed by atoms with Crippen LogP contribution in [0.2, 0.25) is 5.02 Å². The number of hydrogen-bond donors (Lipinski definition) is 1. The molecule has 0 aliphatic heterocycles. The molecule has 0 atom stereocenters. The Morgan fingerprint density at radius 1 is 1.14 bits per heavy atom. The van der Waals surface area contributed by atoms with Crippen LogP contribution < -0.4 is 10.1 Å². The van der Waals surface area contributed by atoms with Crippen LogP contribution in [-0.2, 0) is 6.54 Å². The number of ether oxygens (including phenoxy) is 1. The number of nitrogens with one attached hydrogen (secondary N) is 1. The monoisotopic (exact) mass is 370 g/mol. The smallest absolute Gasteiger partial charge is 0.123 e. The summed E-state index contributed by atoms with van der Waals surface area (Å²) in [6.45, 7) is 12.3. The second-order valence-electron chi connectivity index (χ2n) is 4.74. The summed E-state index contributed by atoms with van der Waals surface area (Å²) in [5.74, 6) is 0.924. The van der Waals surface area contributed by atoms with Crippen molar-refractivity contribution in [3.8, 4) is 5.75 Å². The fourth-order valence-corrected chi connectivity index (χ4v) is 2.37. The van der Waals surface area contributed by atoms with Crippen molar-refractivity contribution < 1.29 is 4.74 Å². The summed E-state index contributed by atoms with van der Waals surface area (Å²) in [5.41, 5.74) is 1.13. The normalized spacial score (nSPS) is 10.0. The van der Waals surface area contributed by atoms with Crippen LogP contribution in [0.5, 0.6) is 5.75 Å². The minimum absolute atomic E-state index is 0. The van der Waals surface area contributed by atoms with E-state index in [2.05, 4.69) is 24.1 Å². The number of rotatable bonds is 10. The molecule has 0 heterocycles. The van der Waals surface area contributed by atoms with Crippen LogP contribution in [0.4, 0.5) is 0 Å². The maximum atomic E-state index is 6.05. The van der Waals surface area contributed by atoms with Crippen LogP contribution in [0, 0.1) is 0 Å². The van der Waals surface area contributed by atoms with Crippen molar-refractivity contribution in [1.29, 1.82) is 0 Å². The molecule has 1 N–H and O–H groups in total. The van der Waals surface area contributed by atoms with E-state index in [1.165, 1.54) is 0 Å². The molecular formula is C16H29Cl3N2O. The molecule has 6 heteroatoms. The van der Waals surface area contributed by atoms with Gasteiger partial charge in [-0.15, -0.1) is 24.8 Å². The number of hydrogen-bond acceptors (Lipinski definition) is 3. The highest BCUT2D eigenvalue weighted by atomic mass is 35.5. The number of nitrogens with zero attached hydrogens (tertiary/aromatic N) is 1. The molecule has 1 aromatic carbocycles. The highest BCUT2D eigenvalue weighted by Crippen LogP contribution is 2.22. The summed E-state index contributed by atoms with van der Waals surface area (Å²) in [7, 11) is 0. The van der Waals surface area contributed by atoms with Crippen molar-refractivity contribution in [3.63, 3.8) is 0 Å². The predicted molar refractivity (Wildman–Crippen MR) is 101 cm³/mol. The Morgan fingerprint density at radius 3 is 2.41 bits per heavy atom. The van der Waals surface area contributed by atoms with Gasteiger partial charge in [-0.05, 0) is 57.7 Å². The number of halogens is 3. The van der Waals surface area contributed by atoms with Crippen molar-refractivity contribution >= 4 is 36.4 Å². The SMILES string of the molecule is CCOc1ccc(Cl)cc1CNCCCN(CC)CC.Cl.Cl. The lowest BCUT2D eigenvalue weighted by atomic mass is 10.2. The van der Waals surface area contributed by atoms with E-state index in [-0.39, 0.29) is 24.8 Å². The molecule has 0 aromatic heterocycles. The highest BCUT2D eigenvalue weighted by molar-refractivity contribution is 6.30. The molecule has 0 radical (unpaired) electrons. The van der Waals surface area contributed by atoms with Gasteiger partial charge in [0.25, 0.3) is 0 Å². The van der Waals surface area contributed by atoms with E-state index in [9.17, 15) is 0 Å².